The van der Waals surface area contributed by atoms with Crippen molar-refractivity contribution in [2.24, 2.45) is 5.92 Å². The van der Waals surface area contributed by atoms with Crippen LogP contribution in [-0.4, -0.2) is 35.6 Å². The molecule has 1 fully saturated rings. The van der Waals surface area contributed by atoms with Crippen molar-refractivity contribution >= 4 is 50.1 Å². The molecule has 0 bridgehead atoms. The van der Waals surface area contributed by atoms with Gasteiger partial charge in [0, 0.05) is 56.1 Å². The number of halogens is 1. The summed E-state index contributed by atoms with van der Waals surface area (Å²) in [5.74, 6) is 0.0253. The quantitative estimate of drug-likeness (QED) is 0.483. The fourth-order valence-corrected chi connectivity index (χ4v) is 5.74. The maximum atomic E-state index is 12.5. The van der Waals surface area contributed by atoms with Crippen LogP contribution < -0.4 is 0 Å². The smallest absolute Gasteiger partial charge is 0.167 e. The summed E-state index contributed by atoms with van der Waals surface area (Å²) < 4.78 is 6.64. The molecule has 0 unspecified atom stereocenters. The monoisotopic (exact) mass is 452 g/mol. The van der Waals surface area contributed by atoms with Crippen LogP contribution in [0.2, 0.25) is 0 Å². The molecule has 1 saturated heterocycles. The molecule has 2 heterocycles. The van der Waals surface area contributed by atoms with Gasteiger partial charge < -0.3 is 9.84 Å². The number of hydrogen-bond donors (Lipinski definition) is 1. The number of carbonyl (C=O) groups excluding carboxylic acids is 1. The number of benzene rings is 1. The Bertz CT molecular complexity index is 774. The molecule has 0 spiro atoms. The summed E-state index contributed by atoms with van der Waals surface area (Å²) in [4.78, 5) is 14.5. The Hall–Kier alpha value is -0.920. The van der Waals surface area contributed by atoms with Gasteiger partial charge in [-0.15, -0.1) is 11.3 Å². The lowest BCUT2D eigenvalue weighted by molar-refractivity contribution is -0.0213. The second-order valence-electron chi connectivity index (χ2n) is 6.67. The van der Waals surface area contributed by atoms with Crippen molar-refractivity contribution in [3.8, 4) is 0 Å². The highest BCUT2D eigenvalue weighted by Gasteiger charge is 2.44. The van der Waals surface area contributed by atoms with Gasteiger partial charge >= 0.3 is 0 Å². The molecule has 2 atom stereocenters. The SMILES string of the molecule is O=C(CC(=S)C[C@@]1(c2cc(Br)cs2)CCOC[C@H]1CO)c1ccccc1. The number of carbonyl (C=O) groups is 1. The molecule has 26 heavy (non-hydrogen) atoms. The van der Waals surface area contributed by atoms with Gasteiger partial charge in [-0.25, -0.2) is 0 Å². The lowest BCUT2D eigenvalue weighted by Crippen LogP contribution is -2.45. The third-order valence-electron chi connectivity index (χ3n) is 5.04. The first-order valence-corrected chi connectivity index (χ1v) is 10.7. The largest absolute Gasteiger partial charge is 0.396 e. The van der Waals surface area contributed by atoms with Crippen molar-refractivity contribution in [2.75, 3.05) is 19.8 Å². The van der Waals surface area contributed by atoms with Crippen LogP contribution >= 0.6 is 39.5 Å². The molecule has 3 nitrogen and oxygen atoms in total. The Kier molecular flexibility index (Phi) is 6.75. The highest BCUT2D eigenvalue weighted by molar-refractivity contribution is 9.10. The number of aliphatic hydroxyl groups is 1. The van der Waals surface area contributed by atoms with Crippen LogP contribution in [0.3, 0.4) is 0 Å². The van der Waals surface area contributed by atoms with E-state index in [0.29, 0.717) is 25.2 Å². The normalized spacial score (nSPS) is 22.9. The average Bonchev–Trinajstić information content (AvgIpc) is 3.09. The van der Waals surface area contributed by atoms with Crippen molar-refractivity contribution in [1.82, 2.24) is 0 Å². The van der Waals surface area contributed by atoms with E-state index in [9.17, 15) is 9.90 Å². The van der Waals surface area contributed by atoms with Crippen molar-refractivity contribution in [3.63, 3.8) is 0 Å². The third-order valence-corrected chi connectivity index (χ3v) is 7.24. The minimum atomic E-state index is -0.266. The molecule has 0 radical (unpaired) electrons. The molecule has 0 aliphatic carbocycles. The van der Waals surface area contributed by atoms with Crippen molar-refractivity contribution in [2.45, 2.75) is 24.7 Å². The number of ether oxygens (including phenoxy) is 1. The van der Waals surface area contributed by atoms with E-state index >= 15 is 0 Å². The third kappa shape index (κ3) is 4.31. The zero-order chi connectivity index (χ0) is 18.6. The second kappa shape index (κ2) is 8.85. The summed E-state index contributed by atoms with van der Waals surface area (Å²) in [7, 11) is 0. The standard InChI is InChI=1S/C20H21BrO3S2/c21-16-8-19(26-13-16)20(6-7-24-12-15(20)11-22)10-17(25)9-18(23)14-4-2-1-3-5-14/h1-5,8,13,15,22H,6-7,9-12H2/t15-,20+/m1/s1. The molecule has 138 valence electrons. The van der Waals surface area contributed by atoms with E-state index in [1.54, 1.807) is 11.3 Å². The predicted molar refractivity (Wildman–Crippen MR) is 112 cm³/mol. The van der Waals surface area contributed by atoms with Crippen LogP contribution in [0.25, 0.3) is 0 Å². The molecule has 1 aliphatic rings. The van der Waals surface area contributed by atoms with E-state index in [4.69, 9.17) is 17.0 Å². The van der Waals surface area contributed by atoms with Gasteiger partial charge in [0.2, 0.25) is 0 Å². The van der Waals surface area contributed by atoms with Crippen LogP contribution in [0.5, 0.6) is 0 Å². The molecule has 1 aromatic carbocycles. The van der Waals surface area contributed by atoms with Gasteiger partial charge in [0.05, 0.1) is 6.61 Å². The van der Waals surface area contributed by atoms with Crippen LogP contribution in [0.15, 0.2) is 46.3 Å². The van der Waals surface area contributed by atoms with Crippen molar-refractivity contribution in [3.05, 3.63) is 56.7 Å². The molecule has 0 saturated carbocycles. The number of thiophene rings is 1. The molecule has 2 aromatic rings. The molecular weight excluding hydrogens is 432 g/mol. The van der Waals surface area contributed by atoms with E-state index in [1.807, 2.05) is 30.3 Å². The van der Waals surface area contributed by atoms with Gasteiger partial charge in [0.15, 0.2) is 5.78 Å². The van der Waals surface area contributed by atoms with Gasteiger partial charge in [-0.3, -0.25) is 4.79 Å². The van der Waals surface area contributed by atoms with Crippen molar-refractivity contribution < 1.29 is 14.6 Å². The Morgan fingerprint density at radius 1 is 1.38 bits per heavy atom. The van der Waals surface area contributed by atoms with E-state index in [-0.39, 0.29) is 30.1 Å². The van der Waals surface area contributed by atoms with Gasteiger partial charge in [-0.1, -0.05) is 42.5 Å². The first-order chi connectivity index (χ1) is 12.5. The van der Waals surface area contributed by atoms with E-state index in [2.05, 4.69) is 27.4 Å². The summed E-state index contributed by atoms with van der Waals surface area (Å²) in [6, 6.07) is 11.4. The molecule has 3 rings (SSSR count). The fraction of sp³-hybridized carbons (Fsp3) is 0.400. The Balaban J connectivity index is 1.81. The number of hydrogen-bond acceptors (Lipinski definition) is 5. The minimum absolute atomic E-state index is 0.0217. The number of Topliss-reactive ketones (excluding diaryl/α,β-unsaturated/α-hetero) is 1. The lowest BCUT2D eigenvalue weighted by atomic mass is 9.68. The summed E-state index contributed by atoms with van der Waals surface area (Å²) in [5.41, 5.74) is 0.422. The molecule has 1 aromatic heterocycles. The maximum Gasteiger partial charge on any atom is 0.167 e. The summed E-state index contributed by atoms with van der Waals surface area (Å²) in [6.45, 7) is 1.20. The van der Waals surface area contributed by atoms with Crippen LogP contribution in [0.4, 0.5) is 0 Å². The van der Waals surface area contributed by atoms with Crippen molar-refractivity contribution in [1.29, 1.82) is 0 Å². The summed E-state index contributed by atoms with van der Waals surface area (Å²) in [6.07, 6.45) is 1.67. The number of rotatable bonds is 7. The van der Waals surface area contributed by atoms with Crippen LogP contribution in [0, 0.1) is 5.92 Å². The number of ketones is 1. The Morgan fingerprint density at radius 3 is 2.81 bits per heavy atom. The summed E-state index contributed by atoms with van der Waals surface area (Å²) >= 11 is 10.8. The second-order valence-corrected chi connectivity index (χ2v) is 9.08. The first-order valence-electron chi connectivity index (χ1n) is 8.58. The zero-order valence-electron chi connectivity index (χ0n) is 14.3. The van der Waals surface area contributed by atoms with Crippen LogP contribution in [0.1, 0.15) is 34.5 Å². The molecule has 1 N–H and O–H groups in total. The minimum Gasteiger partial charge on any atom is -0.396 e. The summed E-state index contributed by atoms with van der Waals surface area (Å²) in [5, 5.41) is 12.0. The van der Waals surface area contributed by atoms with E-state index in [0.717, 1.165) is 15.8 Å². The van der Waals surface area contributed by atoms with E-state index in [1.165, 1.54) is 4.88 Å². The first kappa shape index (κ1) is 19.8. The fourth-order valence-electron chi connectivity index (χ4n) is 3.61. The molecular formula is C20H21BrO3S2. The predicted octanol–water partition coefficient (Wildman–Crippen LogP) is 4.81. The molecule has 6 heteroatoms. The Morgan fingerprint density at radius 2 is 2.15 bits per heavy atom. The highest BCUT2D eigenvalue weighted by atomic mass is 79.9. The van der Waals surface area contributed by atoms with E-state index < -0.39 is 0 Å². The lowest BCUT2D eigenvalue weighted by Gasteiger charge is -2.43. The maximum absolute atomic E-state index is 12.5. The number of thiocarbonyl (C=S) groups is 1. The van der Waals surface area contributed by atoms with Gasteiger partial charge in [0.1, 0.15) is 0 Å². The highest BCUT2D eigenvalue weighted by Crippen LogP contribution is 2.46. The zero-order valence-corrected chi connectivity index (χ0v) is 17.5. The van der Waals surface area contributed by atoms with Crippen LogP contribution in [-0.2, 0) is 10.2 Å². The van der Waals surface area contributed by atoms with Gasteiger partial charge in [-0.05, 0) is 34.8 Å². The average molecular weight is 453 g/mol. The van der Waals surface area contributed by atoms with Gasteiger partial charge in [0.25, 0.3) is 0 Å². The molecule has 0 amide bonds. The molecule has 1 aliphatic heterocycles. The number of aliphatic hydroxyl groups excluding tert-OH is 1. The van der Waals surface area contributed by atoms with Gasteiger partial charge in [-0.2, -0.15) is 0 Å². The topological polar surface area (TPSA) is 46.5 Å². The Labute approximate surface area is 171 Å².